The lowest BCUT2D eigenvalue weighted by Gasteiger charge is -2.09. The van der Waals surface area contributed by atoms with Gasteiger partial charge in [0.1, 0.15) is 17.3 Å². The first kappa shape index (κ1) is 18.7. The van der Waals surface area contributed by atoms with Crippen molar-refractivity contribution in [2.45, 2.75) is 12.8 Å². The highest BCUT2D eigenvalue weighted by molar-refractivity contribution is 5.99. The van der Waals surface area contributed by atoms with Gasteiger partial charge in [0, 0.05) is 36.1 Å². The molecule has 2 N–H and O–H groups in total. The van der Waals surface area contributed by atoms with Crippen LogP contribution in [-0.2, 0) is 4.79 Å². The Bertz CT molecular complexity index is 1320. The SMILES string of the molecule is CNc1ncc(C#Cc2ccc(-n3ccnn3)cn2)c2cc(NC(=O)C3CC3)ncc12. The molecule has 5 rings (SSSR count). The maximum atomic E-state index is 12.1. The summed E-state index contributed by atoms with van der Waals surface area (Å²) in [5.41, 5.74) is 2.14. The molecule has 0 saturated heterocycles. The first-order valence-electron chi connectivity index (χ1n) is 9.83. The summed E-state index contributed by atoms with van der Waals surface area (Å²) < 4.78 is 1.63. The van der Waals surface area contributed by atoms with Crippen LogP contribution < -0.4 is 10.6 Å². The molecule has 31 heavy (non-hydrogen) atoms. The number of nitrogens with one attached hydrogen (secondary N) is 2. The van der Waals surface area contributed by atoms with E-state index < -0.39 is 0 Å². The van der Waals surface area contributed by atoms with Crippen LogP contribution in [0.4, 0.5) is 11.6 Å². The number of hydrogen-bond donors (Lipinski definition) is 2. The molecular formula is C22H18N8O. The van der Waals surface area contributed by atoms with Gasteiger partial charge in [-0.2, -0.15) is 0 Å². The quantitative estimate of drug-likeness (QED) is 0.497. The van der Waals surface area contributed by atoms with Crippen LogP contribution in [0.5, 0.6) is 0 Å². The lowest BCUT2D eigenvalue weighted by Crippen LogP contribution is -2.14. The number of rotatable bonds is 4. The van der Waals surface area contributed by atoms with E-state index in [-0.39, 0.29) is 11.8 Å². The zero-order valence-corrected chi connectivity index (χ0v) is 16.7. The number of nitrogens with zero attached hydrogens (tertiary/aromatic N) is 6. The Balaban J connectivity index is 1.48. The number of aromatic nitrogens is 6. The third-order valence-electron chi connectivity index (χ3n) is 4.97. The zero-order valence-electron chi connectivity index (χ0n) is 16.7. The number of carbonyl (C=O) groups is 1. The molecule has 1 aliphatic carbocycles. The second-order valence-electron chi connectivity index (χ2n) is 7.15. The van der Waals surface area contributed by atoms with Gasteiger partial charge in [0.25, 0.3) is 0 Å². The van der Waals surface area contributed by atoms with E-state index in [0.717, 1.165) is 34.9 Å². The maximum absolute atomic E-state index is 12.1. The van der Waals surface area contributed by atoms with Crippen molar-refractivity contribution in [1.29, 1.82) is 0 Å². The van der Waals surface area contributed by atoms with Crippen molar-refractivity contribution in [3.63, 3.8) is 0 Å². The molecule has 0 aliphatic heterocycles. The Kier molecular flexibility index (Phi) is 4.72. The van der Waals surface area contributed by atoms with E-state index in [1.54, 1.807) is 42.7 Å². The van der Waals surface area contributed by atoms with E-state index in [1.807, 2.05) is 18.2 Å². The third-order valence-corrected chi connectivity index (χ3v) is 4.97. The highest BCUT2D eigenvalue weighted by atomic mass is 16.2. The van der Waals surface area contributed by atoms with Crippen molar-refractivity contribution in [3.8, 4) is 17.5 Å². The van der Waals surface area contributed by atoms with Crippen molar-refractivity contribution >= 4 is 28.3 Å². The smallest absolute Gasteiger partial charge is 0.228 e. The lowest BCUT2D eigenvalue weighted by molar-refractivity contribution is -0.117. The summed E-state index contributed by atoms with van der Waals surface area (Å²) in [5, 5.41) is 15.4. The normalized spacial score (nSPS) is 12.8. The molecule has 9 nitrogen and oxygen atoms in total. The lowest BCUT2D eigenvalue weighted by atomic mass is 10.1. The molecule has 4 aromatic rings. The van der Waals surface area contributed by atoms with Gasteiger partial charge < -0.3 is 10.6 Å². The zero-order chi connectivity index (χ0) is 21.2. The topological polar surface area (TPSA) is 111 Å². The maximum Gasteiger partial charge on any atom is 0.228 e. The average molecular weight is 410 g/mol. The van der Waals surface area contributed by atoms with Gasteiger partial charge >= 0.3 is 0 Å². The van der Waals surface area contributed by atoms with Crippen LogP contribution in [0.3, 0.4) is 0 Å². The fourth-order valence-corrected chi connectivity index (χ4v) is 3.15. The standard InChI is InChI=1S/C22H18N8O/c1-23-21-19-13-25-20(28-22(31)14-2-3-14)10-18(19)15(11-26-21)4-5-16-6-7-17(12-24-16)30-9-8-27-29-30/h6-14H,2-3H2,1H3,(H,23,26)(H,25,28,31). The monoisotopic (exact) mass is 410 g/mol. The average Bonchev–Trinajstić information content (AvgIpc) is 3.52. The van der Waals surface area contributed by atoms with E-state index in [0.29, 0.717) is 17.3 Å². The molecule has 0 atom stereocenters. The summed E-state index contributed by atoms with van der Waals surface area (Å²) in [5.74, 6) is 7.55. The minimum absolute atomic E-state index is 0.0130. The van der Waals surface area contributed by atoms with Crippen molar-refractivity contribution in [1.82, 2.24) is 29.9 Å². The summed E-state index contributed by atoms with van der Waals surface area (Å²) in [4.78, 5) is 25.3. The number of carbonyl (C=O) groups excluding carboxylic acids is 1. The molecule has 9 heteroatoms. The minimum atomic E-state index is 0.0130. The molecule has 0 radical (unpaired) electrons. The van der Waals surface area contributed by atoms with Crippen molar-refractivity contribution in [3.05, 3.63) is 60.4 Å². The van der Waals surface area contributed by atoms with E-state index in [2.05, 4.69) is 47.7 Å². The Morgan fingerprint density at radius 2 is 2.00 bits per heavy atom. The molecule has 1 fully saturated rings. The number of amides is 1. The van der Waals surface area contributed by atoms with Crippen LogP contribution >= 0.6 is 0 Å². The van der Waals surface area contributed by atoms with Crippen LogP contribution in [0, 0.1) is 17.8 Å². The molecule has 1 aliphatic rings. The third kappa shape index (κ3) is 3.91. The van der Waals surface area contributed by atoms with Crippen molar-refractivity contribution in [2.75, 3.05) is 17.7 Å². The molecule has 4 aromatic heterocycles. The Morgan fingerprint density at radius 1 is 1.10 bits per heavy atom. The van der Waals surface area contributed by atoms with Crippen molar-refractivity contribution in [2.24, 2.45) is 5.92 Å². The minimum Gasteiger partial charge on any atom is -0.373 e. The van der Waals surface area contributed by atoms with E-state index >= 15 is 0 Å². The van der Waals surface area contributed by atoms with Crippen LogP contribution in [0.2, 0.25) is 0 Å². The van der Waals surface area contributed by atoms with Gasteiger partial charge in [-0.3, -0.25) is 4.79 Å². The number of pyridine rings is 3. The highest BCUT2D eigenvalue weighted by Gasteiger charge is 2.29. The van der Waals surface area contributed by atoms with Crippen LogP contribution in [0.1, 0.15) is 24.1 Å². The number of hydrogen-bond acceptors (Lipinski definition) is 7. The predicted octanol–water partition coefficient (Wildman–Crippen LogP) is 2.40. The summed E-state index contributed by atoms with van der Waals surface area (Å²) in [6.45, 7) is 0. The molecule has 152 valence electrons. The first-order valence-corrected chi connectivity index (χ1v) is 9.83. The summed E-state index contributed by atoms with van der Waals surface area (Å²) in [6, 6.07) is 5.54. The second-order valence-corrected chi connectivity index (χ2v) is 7.15. The first-order chi connectivity index (χ1) is 15.2. The van der Waals surface area contributed by atoms with Crippen LogP contribution in [-0.4, -0.2) is 42.9 Å². The fourth-order valence-electron chi connectivity index (χ4n) is 3.15. The molecule has 1 saturated carbocycles. The molecule has 4 heterocycles. The van der Waals surface area contributed by atoms with Gasteiger partial charge in [0.15, 0.2) is 0 Å². The Hall–Kier alpha value is -4.32. The molecule has 1 amide bonds. The van der Waals surface area contributed by atoms with E-state index in [9.17, 15) is 4.79 Å². The van der Waals surface area contributed by atoms with Crippen LogP contribution in [0.25, 0.3) is 16.5 Å². The van der Waals surface area contributed by atoms with Crippen molar-refractivity contribution < 1.29 is 4.79 Å². The van der Waals surface area contributed by atoms with Gasteiger partial charge in [-0.1, -0.05) is 11.1 Å². The number of anilines is 2. The van der Waals surface area contributed by atoms with Gasteiger partial charge in [0.2, 0.25) is 5.91 Å². The molecular weight excluding hydrogens is 392 g/mol. The summed E-state index contributed by atoms with van der Waals surface area (Å²) >= 11 is 0. The highest BCUT2D eigenvalue weighted by Crippen LogP contribution is 2.31. The molecule has 0 unspecified atom stereocenters. The molecule has 0 bridgehead atoms. The van der Waals surface area contributed by atoms with E-state index in [1.165, 1.54) is 0 Å². The van der Waals surface area contributed by atoms with E-state index in [4.69, 9.17) is 0 Å². The second kappa shape index (κ2) is 7.84. The Labute approximate surface area is 177 Å². The Morgan fingerprint density at radius 3 is 2.71 bits per heavy atom. The largest absolute Gasteiger partial charge is 0.373 e. The van der Waals surface area contributed by atoms with Gasteiger partial charge in [-0.15, -0.1) is 5.10 Å². The summed E-state index contributed by atoms with van der Waals surface area (Å²) in [6.07, 6.45) is 10.3. The van der Waals surface area contributed by atoms with Gasteiger partial charge in [-0.25, -0.2) is 19.6 Å². The van der Waals surface area contributed by atoms with Gasteiger partial charge in [-0.05, 0) is 37.0 Å². The fraction of sp³-hybridized carbons (Fsp3) is 0.182. The van der Waals surface area contributed by atoms with Crippen LogP contribution in [0.15, 0.2) is 49.2 Å². The number of fused-ring (bicyclic) bond motifs is 1. The predicted molar refractivity (Wildman–Crippen MR) is 116 cm³/mol. The van der Waals surface area contributed by atoms with Gasteiger partial charge in [0.05, 0.1) is 29.8 Å². The summed E-state index contributed by atoms with van der Waals surface area (Å²) in [7, 11) is 1.80. The molecule has 0 spiro atoms. The molecule has 0 aromatic carbocycles.